The standard InChI is InChI=1S/C22H29FN4O/c1-25(14-18-9-11-24-12-10-18)17-22(28)26(2)20-7-5-13-27(16-20)15-19-6-3-4-8-21(19)23/h3-4,6,8-12,20H,5,7,13-17H2,1-2H3. The molecule has 3 rings (SSSR count). The van der Waals surface area contributed by atoms with Crippen LogP contribution in [0.1, 0.15) is 24.0 Å². The fraction of sp³-hybridized carbons (Fsp3) is 0.455. The SMILES string of the molecule is CN(CC(=O)N(C)C1CCCN(Cc2ccccc2F)C1)Cc1ccncc1. The molecule has 1 aromatic carbocycles. The molecule has 1 aromatic heterocycles. The minimum atomic E-state index is -0.160. The number of hydrogen-bond donors (Lipinski definition) is 0. The molecule has 6 heteroatoms. The van der Waals surface area contributed by atoms with Crippen LogP contribution in [0.4, 0.5) is 4.39 Å². The summed E-state index contributed by atoms with van der Waals surface area (Å²) in [6.07, 6.45) is 5.54. The van der Waals surface area contributed by atoms with Crippen molar-refractivity contribution in [2.45, 2.75) is 32.0 Å². The predicted molar refractivity (Wildman–Crippen MR) is 108 cm³/mol. The number of likely N-dealkylation sites (tertiary alicyclic amines) is 1. The molecule has 1 saturated heterocycles. The molecule has 0 bridgehead atoms. The van der Waals surface area contributed by atoms with Crippen LogP contribution in [0.2, 0.25) is 0 Å². The Bertz CT molecular complexity index is 770. The van der Waals surface area contributed by atoms with E-state index in [1.165, 1.54) is 6.07 Å². The molecule has 2 heterocycles. The number of likely N-dealkylation sites (N-methyl/N-ethyl adjacent to an activating group) is 2. The highest BCUT2D eigenvalue weighted by Crippen LogP contribution is 2.19. The molecule has 0 aliphatic carbocycles. The van der Waals surface area contributed by atoms with Gasteiger partial charge < -0.3 is 4.90 Å². The Labute approximate surface area is 166 Å². The molecule has 0 N–H and O–H groups in total. The number of carbonyl (C=O) groups excluding carboxylic acids is 1. The van der Waals surface area contributed by atoms with Gasteiger partial charge in [0, 0.05) is 50.7 Å². The average molecular weight is 384 g/mol. The molecule has 1 aliphatic rings. The van der Waals surface area contributed by atoms with Gasteiger partial charge in [0.05, 0.1) is 6.54 Å². The summed E-state index contributed by atoms with van der Waals surface area (Å²) in [5.41, 5.74) is 1.86. The molecular weight excluding hydrogens is 355 g/mol. The van der Waals surface area contributed by atoms with Crippen LogP contribution in [0.5, 0.6) is 0 Å². The van der Waals surface area contributed by atoms with Crippen molar-refractivity contribution in [3.63, 3.8) is 0 Å². The zero-order chi connectivity index (χ0) is 19.9. The lowest BCUT2D eigenvalue weighted by Crippen LogP contribution is -2.50. The van der Waals surface area contributed by atoms with E-state index in [4.69, 9.17) is 0 Å². The van der Waals surface area contributed by atoms with Crippen LogP contribution in [0.3, 0.4) is 0 Å². The zero-order valence-corrected chi connectivity index (χ0v) is 16.7. The highest BCUT2D eigenvalue weighted by molar-refractivity contribution is 5.78. The van der Waals surface area contributed by atoms with E-state index in [1.54, 1.807) is 18.5 Å². The van der Waals surface area contributed by atoms with E-state index in [2.05, 4.69) is 9.88 Å². The number of halogens is 1. The molecule has 28 heavy (non-hydrogen) atoms. The first-order valence-corrected chi connectivity index (χ1v) is 9.82. The first-order chi connectivity index (χ1) is 13.5. The Kier molecular flexibility index (Phi) is 7.12. The Morgan fingerprint density at radius 3 is 2.71 bits per heavy atom. The van der Waals surface area contributed by atoms with Crippen molar-refractivity contribution in [3.05, 3.63) is 65.7 Å². The first-order valence-electron chi connectivity index (χ1n) is 9.82. The summed E-state index contributed by atoms with van der Waals surface area (Å²) in [4.78, 5) is 22.9. The van der Waals surface area contributed by atoms with E-state index < -0.39 is 0 Å². The van der Waals surface area contributed by atoms with Crippen molar-refractivity contribution in [2.24, 2.45) is 0 Å². The van der Waals surface area contributed by atoms with Crippen molar-refractivity contribution in [1.82, 2.24) is 19.7 Å². The second kappa shape index (κ2) is 9.75. The Morgan fingerprint density at radius 2 is 1.96 bits per heavy atom. The third-order valence-corrected chi connectivity index (χ3v) is 5.38. The zero-order valence-electron chi connectivity index (χ0n) is 16.7. The van der Waals surface area contributed by atoms with Crippen molar-refractivity contribution in [3.8, 4) is 0 Å². The van der Waals surface area contributed by atoms with E-state index in [-0.39, 0.29) is 17.8 Å². The van der Waals surface area contributed by atoms with Crippen LogP contribution < -0.4 is 0 Å². The van der Waals surface area contributed by atoms with Crippen LogP contribution >= 0.6 is 0 Å². The summed E-state index contributed by atoms with van der Waals surface area (Å²) in [5, 5.41) is 0. The summed E-state index contributed by atoms with van der Waals surface area (Å²) in [6.45, 7) is 3.40. The van der Waals surface area contributed by atoms with Gasteiger partial charge in [0.15, 0.2) is 0 Å². The van der Waals surface area contributed by atoms with Crippen molar-refractivity contribution in [2.75, 3.05) is 33.7 Å². The number of amides is 1. The van der Waals surface area contributed by atoms with E-state index in [0.29, 0.717) is 25.2 Å². The van der Waals surface area contributed by atoms with Crippen LogP contribution in [-0.2, 0) is 17.9 Å². The summed E-state index contributed by atoms with van der Waals surface area (Å²) >= 11 is 0. The second-order valence-electron chi connectivity index (χ2n) is 7.65. The van der Waals surface area contributed by atoms with Gasteiger partial charge in [-0.2, -0.15) is 0 Å². The first kappa shape index (κ1) is 20.4. The fourth-order valence-electron chi connectivity index (χ4n) is 3.76. The molecule has 2 aromatic rings. The van der Waals surface area contributed by atoms with Gasteiger partial charge in [-0.1, -0.05) is 18.2 Å². The Balaban J connectivity index is 1.52. The third kappa shape index (κ3) is 5.59. The molecule has 1 atom stereocenters. The van der Waals surface area contributed by atoms with E-state index >= 15 is 0 Å². The molecule has 150 valence electrons. The summed E-state index contributed by atoms with van der Waals surface area (Å²) < 4.78 is 14.0. The van der Waals surface area contributed by atoms with Crippen molar-refractivity contribution >= 4 is 5.91 Å². The van der Waals surface area contributed by atoms with Crippen molar-refractivity contribution in [1.29, 1.82) is 0 Å². The van der Waals surface area contributed by atoms with Gasteiger partial charge in [0.2, 0.25) is 5.91 Å². The maximum Gasteiger partial charge on any atom is 0.236 e. The van der Waals surface area contributed by atoms with Gasteiger partial charge in [-0.15, -0.1) is 0 Å². The number of piperidine rings is 1. The maximum atomic E-state index is 14.0. The topological polar surface area (TPSA) is 39.7 Å². The smallest absolute Gasteiger partial charge is 0.236 e. The van der Waals surface area contributed by atoms with Crippen LogP contribution in [0.25, 0.3) is 0 Å². The van der Waals surface area contributed by atoms with Gasteiger partial charge in [0.1, 0.15) is 5.82 Å². The highest BCUT2D eigenvalue weighted by atomic mass is 19.1. The summed E-state index contributed by atoms with van der Waals surface area (Å²) in [6, 6.07) is 11.0. The largest absolute Gasteiger partial charge is 0.340 e. The number of benzene rings is 1. The normalized spacial score (nSPS) is 17.6. The monoisotopic (exact) mass is 384 g/mol. The molecule has 0 spiro atoms. The maximum absolute atomic E-state index is 14.0. The molecule has 1 unspecified atom stereocenters. The third-order valence-electron chi connectivity index (χ3n) is 5.38. The van der Waals surface area contributed by atoms with Crippen LogP contribution in [0.15, 0.2) is 48.8 Å². The Hall–Kier alpha value is -2.31. The lowest BCUT2D eigenvalue weighted by atomic mass is 10.0. The van der Waals surface area contributed by atoms with Crippen molar-refractivity contribution < 1.29 is 9.18 Å². The summed E-state index contributed by atoms with van der Waals surface area (Å²) in [7, 11) is 3.84. The lowest BCUT2D eigenvalue weighted by Gasteiger charge is -2.38. The quantitative estimate of drug-likeness (QED) is 0.736. The minimum absolute atomic E-state index is 0.120. The fourth-order valence-corrected chi connectivity index (χ4v) is 3.76. The molecule has 1 aliphatic heterocycles. The van der Waals surface area contributed by atoms with Gasteiger partial charge in [-0.25, -0.2) is 4.39 Å². The highest BCUT2D eigenvalue weighted by Gasteiger charge is 2.26. The number of rotatable bonds is 7. The van der Waals surface area contributed by atoms with Crippen LogP contribution in [-0.4, -0.2) is 65.4 Å². The molecule has 1 fully saturated rings. The van der Waals surface area contributed by atoms with E-state index in [0.717, 1.165) is 31.5 Å². The number of aromatic nitrogens is 1. The van der Waals surface area contributed by atoms with Gasteiger partial charge in [-0.3, -0.25) is 19.6 Å². The molecule has 1 amide bonds. The van der Waals surface area contributed by atoms with E-state index in [1.807, 2.05) is 48.2 Å². The summed E-state index contributed by atoms with van der Waals surface area (Å²) in [5.74, 6) is -0.0407. The molecule has 0 saturated carbocycles. The Morgan fingerprint density at radius 1 is 1.21 bits per heavy atom. The van der Waals surface area contributed by atoms with Gasteiger partial charge >= 0.3 is 0 Å². The molecular formula is C22H29FN4O. The second-order valence-corrected chi connectivity index (χ2v) is 7.65. The van der Waals surface area contributed by atoms with E-state index in [9.17, 15) is 9.18 Å². The average Bonchev–Trinajstić information content (AvgIpc) is 2.70. The van der Waals surface area contributed by atoms with Gasteiger partial charge in [-0.05, 0) is 50.2 Å². The number of pyridine rings is 1. The van der Waals surface area contributed by atoms with Gasteiger partial charge in [0.25, 0.3) is 0 Å². The van der Waals surface area contributed by atoms with Crippen LogP contribution in [0, 0.1) is 5.82 Å². The predicted octanol–water partition coefficient (Wildman–Crippen LogP) is 2.78. The lowest BCUT2D eigenvalue weighted by molar-refractivity contribution is -0.134. The molecule has 0 radical (unpaired) electrons. The minimum Gasteiger partial charge on any atom is -0.340 e. The number of nitrogens with zero attached hydrogens (tertiary/aromatic N) is 4. The molecule has 5 nitrogen and oxygen atoms in total. The number of hydrogen-bond acceptors (Lipinski definition) is 4. The number of carbonyl (C=O) groups is 1.